The van der Waals surface area contributed by atoms with E-state index in [0.717, 1.165) is 6.08 Å². The van der Waals surface area contributed by atoms with Crippen molar-refractivity contribution >= 4 is 11.7 Å². The van der Waals surface area contributed by atoms with E-state index in [1.165, 1.54) is 6.08 Å². The van der Waals surface area contributed by atoms with E-state index < -0.39 is 5.91 Å². The van der Waals surface area contributed by atoms with Crippen LogP contribution in [-0.4, -0.2) is 11.7 Å². The van der Waals surface area contributed by atoms with Gasteiger partial charge in [0.05, 0.1) is 0 Å². The fourth-order valence-electron chi connectivity index (χ4n) is 0.735. The van der Waals surface area contributed by atoms with Gasteiger partial charge in [0.25, 0.3) is 0 Å². The molecule has 0 aliphatic heterocycles. The van der Waals surface area contributed by atoms with Crippen molar-refractivity contribution in [3.05, 3.63) is 24.3 Å². The molecule has 0 aliphatic carbocycles. The van der Waals surface area contributed by atoms with Crippen LogP contribution in [0.2, 0.25) is 0 Å². The highest BCUT2D eigenvalue weighted by Crippen LogP contribution is 2.08. The molecule has 0 saturated carbocycles. The van der Waals surface area contributed by atoms with Gasteiger partial charge in [0.15, 0.2) is 5.78 Å². The van der Waals surface area contributed by atoms with Crippen molar-refractivity contribution in [3.8, 4) is 0 Å². The maximum atomic E-state index is 10.8. The van der Waals surface area contributed by atoms with Crippen LogP contribution in [0.1, 0.15) is 13.8 Å². The second-order valence-corrected chi connectivity index (χ2v) is 2.73. The molecule has 0 fully saturated rings. The van der Waals surface area contributed by atoms with Gasteiger partial charge in [0.2, 0.25) is 5.91 Å². The minimum Gasteiger partial charge on any atom is -0.366 e. The van der Waals surface area contributed by atoms with Crippen LogP contribution in [0.25, 0.3) is 0 Å². The lowest BCUT2D eigenvalue weighted by Crippen LogP contribution is -2.18. The van der Waals surface area contributed by atoms with Crippen LogP contribution in [0.5, 0.6) is 0 Å². The Morgan fingerprint density at radius 1 is 1.42 bits per heavy atom. The molecule has 3 heteroatoms. The normalized spacial score (nSPS) is 11.4. The number of ketones is 1. The zero-order chi connectivity index (χ0) is 9.72. The summed E-state index contributed by atoms with van der Waals surface area (Å²) in [6.45, 7) is 6.88. The third kappa shape index (κ3) is 3.14. The molecule has 0 rings (SSSR count). The largest absolute Gasteiger partial charge is 0.366 e. The smallest absolute Gasteiger partial charge is 0.245 e. The number of hydrogen-bond donors (Lipinski definition) is 1. The predicted octanol–water partition coefficient (Wildman–Crippen LogP) is 0.809. The molecular weight excluding hydrogens is 154 g/mol. The minimum atomic E-state index is -0.555. The second-order valence-electron chi connectivity index (χ2n) is 2.73. The quantitative estimate of drug-likeness (QED) is 0.630. The van der Waals surface area contributed by atoms with Gasteiger partial charge in [-0.1, -0.05) is 20.4 Å². The molecule has 0 radical (unpaired) electrons. The fourth-order valence-corrected chi connectivity index (χ4v) is 0.735. The summed E-state index contributed by atoms with van der Waals surface area (Å²) in [6.07, 6.45) is 2.37. The third-order valence-corrected chi connectivity index (χ3v) is 1.41. The van der Waals surface area contributed by atoms with Gasteiger partial charge in [-0.15, -0.1) is 0 Å². The van der Waals surface area contributed by atoms with Crippen molar-refractivity contribution in [2.24, 2.45) is 11.7 Å². The molecule has 1 amide bonds. The highest BCUT2D eigenvalue weighted by atomic mass is 16.1. The first-order valence-electron chi connectivity index (χ1n) is 3.66. The second kappa shape index (κ2) is 4.49. The third-order valence-electron chi connectivity index (χ3n) is 1.41. The van der Waals surface area contributed by atoms with Crippen LogP contribution in [0.4, 0.5) is 0 Å². The van der Waals surface area contributed by atoms with Crippen LogP contribution in [-0.2, 0) is 9.59 Å². The Labute approximate surface area is 71.9 Å². The molecule has 0 bridgehead atoms. The van der Waals surface area contributed by atoms with E-state index in [0.29, 0.717) is 5.57 Å². The van der Waals surface area contributed by atoms with Gasteiger partial charge < -0.3 is 5.73 Å². The predicted molar refractivity (Wildman–Crippen MR) is 47.3 cm³/mol. The van der Waals surface area contributed by atoms with Crippen molar-refractivity contribution in [2.45, 2.75) is 13.8 Å². The van der Waals surface area contributed by atoms with Gasteiger partial charge >= 0.3 is 0 Å². The van der Waals surface area contributed by atoms with Crippen molar-refractivity contribution in [1.29, 1.82) is 0 Å². The molecule has 2 N–H and O–H groups in total. The van der Waals surface area contributed by atoms with Gasteiger partial charge in [0, 0.05) is 5.57 Å². The average Bonchev–Trinajstić information content (AvgIpc) is 1.98. The SMILES string of the molecule is C=CC(=O)C=C(C(N)=O)C(C)C. The van der Waals surface area contributed by atoms with Crippen LogP contribution < -0.4 is 5.73 Å². The molecule has 66 valence electrons. The van der Waals surface area contributed by atoms with Crippen LogP contribution >= 0.6 is 0 Å². The Balaban J connectivity index is 4.73. The molecule has 0 aliphatic rings. The van der Waals surface area contributed by atoms with E-state index in [9.17, 15) is 9.59 Å². The number of carbonyl (C=O) groups is 2. The summed E-state index contributed by atoms with van der Waals surface area (Å²) in [5.74, 6) is -0.885. The summed E-state index contributed by atoms with van der Waals surface area (Å²) in [5.41, 5.74) is 5.38. The first-order valence-corrected chi connectivity index (χ1v) is 3.66. The Morgan fingerprint density at radius 2 is 1.92 bits per heavy atom. The summed E-state index contributed by atoms with van der Waals surface area (Å²) in [7, 11) is 0. The van der Waals surface area contributed by atoms with Gasteiger partial charge in [-0.2, -0.15) is 0 Å². The van der Waals surface area contributed by atoms with Crippen molar-refractivity contribution in [2.75, 3.05) is 0 Å². The van der Waals surface area contributed by atoms with Gasteiger partial charge in [-0.05, 0) is 18.1 Å². The van der Waals surface area contributed by atoms with Gasteiger partial charge in [-0.25, -0.2) is 0 Å². The molecule has 0 atom stereocenters. The topological polar surface area (TPSA) is 60.2 Å². The molecule has 0 saturated heterocycles. The number of hydrogen-bond acceptors (Lipinski definition) is 2. The van der Waals surface area contributed by atoms with Gasteiger partial charge in [-0.3, -0.25) is 9.59 Å². The highest BCUT2D eigenvalue weighted by molar-refractivity contribution is 6.05. The van der Waals surface area contributed by atoms with Crippen molar-refractivity contribution < 1.29 is 9.59 Å². The Bertz CT molecular complexity index is 239. The molecule has 3 nitrogen and oxygen atoms in total. The number of allylic oxidation sites excluding steroid dienone is 2. The lowest BCUT2D eigenvalue weighted by Gasteiger charge is -2.04. The van der Waals surface area contributed by atoms with E-state index in [4.69, 9.17) is 5.73 Å². The number of amides is 1. The summed E-state index contributed by atoms with van der Waals surface area (Å²) >= 11 is 0. The summed E-state index contributed by atoms with van der Waals surface area (Å²) in [5, 5.41) is 0. The Morgan fingerprint density at radius 3 is 2.17 bits per heavy atom. The zero-order valence-corrected chi connectivity index (χ0v) is 7.33. The lowest BCUT2D eigenvalue weighted by atomic mass is 10.0. The first-order chi connectivity index (χ1) is 5.49. The van der Waals surface area contributed by atoms with Crippen molar-refractivity contribution in [1.82, 2.24) is 0 Å². The van der Waals surface area contributed by atoms with E-state index in [1.54, 1.807) is 13.8 Å². The summed E-state index contributed by atoms with van der Waals surface area (Å²) in [6, 6.07) is 0. The molecule has 0 heterocycles. The van der Waals surface area contributed by atoms with E-state index >= 15 is 0 Å². The average molecular weight is 167 g/mol. The molecule has 0 aromatic carbocycles. The maximum absolute atomic E-state index is 10.8. The molecule has 0 spiro atoms. The van der Waals surface area contributed by atoms with Crippen LogP contribution in [0.3, 0.4) is 0 Å². The van der Waals surface area contributed by atoms with Crippen molar-refractivity contribution in [3.63, 3.8) is 0 Å². The number of nitrogens with two attached hydrogens (primary N) is 1. The first kappa shape index (κ1) is 10.6. The van der Waals surface area contributed by atoms with Gasteiger partial charge in [0.1, 0.15) is 0 Å². The minimum absolute atomic E-state index is 0.0357. The van der Waals surface area contributed by atoms with Crippen LogP contribution in [0, 0.1) is 5.92 Å². The van der Waals surface area contributed by atoms with E-state index in [-0.39, 0.29) is 11.7 Å². The molecule has 12 heavy (non-hydrogen) atoms. The fraction of sp³-hybridized carbons (Fsp3) is 0.333. The number of primary amides is 1. The standard InChI is InChI=1S/C9H13NO2/c1-4-7(11)5-8(6(2)3)9(10)12/h4-6H,1H2,2-3H3,(H2,10,12). The number of rotatable bonds is 4. The highest BCUT2D eigenvalue weighted by Gasteiger charge is 2.10. The number of carbonyl (C=O) groups excluding carboxylic acids is 2. The summed E-state index contributed by atoms with van der Waals surface area (Å²) < 4.78 is 0. The molecular formula is C9H13NO2. The molecule has 0 aromatic rings. The molecule has 0 unspecified atom stereocenters. The van der Waals surface area contributed by atoms with E-state index in [1.807, 2.05) is 0 Å². The monoisotopic (exact) mass is 167 g/mol. The zero-order valence-electron chi connectivity index (χ0n) is 7.33. The lowest BCUT2D eigenvalue weighted by molar-refractivity contribution is -0.116. The van der Waals surface area contributed by atoms with E-state index in [2.05, 4.69) is 6.58 Å². The molecule has 0 aromatic heterocycles. The Kier molecular flexibility index (Phi) is 3.97. The van der Waals surface area contributed by atoms with Crippen LogP contribution in [0.15, 0.2) is 24.3 Å². The maximum Gasteiger partial charge on any atom is 0.245 e. The Hall–Kier alpha value is -1.38. The summed E-state index contributed by atoms with van der Waals surface area (Å²) in [4.78, 5) is 21.6.